The number of anilines is 2. The topological polar surface area (TPSA) is 144 Å². The first-order valence-electron chi connectivity index (χ1n) is 8.69. The van der Waals surface area contributed by atoms with Crippen LogP contribution in [0.15, 0.2) is 23.4 Å². The fourth-order valence-corrected chi connectivity index (χ4v) is 2.74. The van der Waals surface area contributed by atoms with E-state index in [1.807, 2.05) is 0 Å². The second-order valence-corrected chi connectivity index (χ2v) is 6.69. The molecule has 11 nitrogen and oxygen atoms in total. The van der Waals surface area contributed by atoms with Gasteiger partial charge in [0.15, 0.2) is 5.16 Å². The predicted molar refractivity (Wildman–Crippen MR) is 111 cm³/mol. The van der Waals surface area contributed by atoms with Crippen molar-refractivity contribution in [1.29, 1.82) is 5.26 Å². The van der Waals surface area contributed by atoms with E-state index in [4.69, 9.17) is 9.47 Å². The Morgan fingerprint density at radius 1 is 1.40 bits per heavy atom. The lowest BCUT2D eigenvalue weighted by Crippen LogP contribution is -2.18. The first-order chi connectivity index (χ1) is 14.3. The number of nitro groups is 1. The highest BCUT2D eigenvalue weighted by molar-refractivity contribution is 7.98. The van der Waals surface area contributed by atoms with Gasteiger partial charge < -0.3 is 19.7 Å². The summed E-state index contributed by atoms with van der Waals surface area (Å²) in [4.78, 5) is 32.5. The van der Waals surface area contributed by atoms with Gasteiger partial charge in [0.1, 0.15) is 18.4 Å². The molecule has 158 valence electrons. The minimum absolute atomic E-state index is 0.163. The Hall–Kier alpha value is -3.59. The maximum absolute atomic E-state index is 11.7. The normalized spacial score (nSPS) is 10.1. The van der Waals surface area contributed by atoms with Crippen LogP contribution in [-0.4, -0.2) is 54.4 Å². The average Bonchev–Trinajstić information content (AvgIpc) is 2.71. The molecule has 0 atom stereocenters. The van der Waals surface area contributed by atoms with Crippen molar-refractivity contribution in [2.75, 3.05) is 43.7 Å². The lowest BCUT2D eigenvalue weighted by molar-refractivity contribution is -0.385. The SMILES string of the molecule is CCOC(=O)CNc1nc(SC)nc(Oc2ccc(C#N)c(N(C)C)c2)c1[N+](=O)[O-]. The zero-order chi connectivity index (χ0) is 22.3. The zero-order valence-electron chi connectivity index (χ0n) is 16.8. The highest BCUT2D eigenvalue weighted by atomic mass is 32.2. The van der Waals surface area contributed by atoms with Gasteiger partial charge in [0, 0.05) is 20.2 Å². The third kappa shape index (κ3) is 5.48. The molecule has 30 heavy (non-hydrogen) atoms. The Labute approximate surface area is 177 Å². The van der Waals surface area contributed by atoms with Gasteiger partial charge in [-0.3, -0.25) is 14.9 Å². The number of aromatic nitrogens is 2. The van der Waals surface area contributed by atoms with Crippen molar-refractivity contribution in [1.82, 2.24) is 9.97 Å². The van der Waals surface area contributed by atoms with E-state index in [0.717, 1.165) is 11.8 Å². The highest BCUT2D eigenvalue weighted by Gasteiger charge is 2.27. The number of nitriles is 1. The minimum atomic E-state index is -0.691. The summed E-state index contributed by atoms with van der Waals surface area (Å²) in [5, 5.41) is 23.8. The number of hydrogen-bond donors (Lipinski definition) is 1. The lowest BCUT2D eigenvalue weighted by Gasteiger charge is -2.16. The van der Waals surface area contributed by atoms with Crippen LogP contribution in [-0.2, 0) is 9.53 Å². The Morgan fingerprint density at radius 3 is 2.70 bits per heavy atom. The Bertz CT molecular complexity index is 992. The molecule has 2 rings (SSSR count). The molecule has 0 radical (unpaired) electrons. The molecule has 0 saturated heterocycles. The summed E-state index contributed by atoms with van der Waals surface area (Å²) in [7, 11) is 3.52. The van der Waals surface area contributed by atoms with Crippen molar-refractivity contribution in [3.05, 3.63) is 33.9 Å². The van der Waals surface area contributed by atoms with Gasteiger partial charge in [0.05, 0.1) is 22.8 Å². The molecule has 0 spiro atoms. The summed E-state index contributed by atoms with van der Waals surface area (Å²) >= 11 is 1.15. The van der Waals surface area contributed by atoms with Gasteiger partial charge >= 0.3 is 17.5 Å². The second-order valence-electron chi connectivity index (χ2n) is 5.92. The number of rotatable bonds is 9. The quantitative estimate of drug-likeness (QED) is 0.205. The highest BCUT2D eigenvalue weighted by Crippen LogP contribution is 2.37. The van der Waals surface area contributed by atoms with E-state index in [1.54, 1.807) is 44.3 Å². The fraction of sp³-hybridized carbons (Fsp3) is 0.333. The standard InChI is InChI=1S/C18H20N6O5S/c1-5-28-14(25)10-20-16-15(24(26)27)17(22-18(21-16)30-4)29-12-7-6-11(9-19)13(8-12)23(2)3/h6-8H,5,10H2,1-4H3,(H,20,21,22). The van der Waals surface area contributed by atoms with E-state index in [0.29, 0.717) is 11.3 Å². The molecule has 0 saturated carbocycles. The number of benzene rings is 1. The largest absolute Gasteiger partial charge is 0.465 e. The molecule has 12 heteroatoms. The summed E-state index contributed by atoms with van der Waals surface area (Å²) in [5.74, 6) is -0.784. The van der Waals surface area contributed by atoms with Crippen LogP contribution in [0.5, 0.6) is 11.6 Å². The second kappa shape index (κ2) is 10.3. The summed E-state index contributed by atoms with van der Waals surface area (Å²) in [6.07, 6.45) is 1.70. The molecule has 0 aliphatic carbocycles. The van der Waals surface area contributed by atoms with Gasteiger partial charge in [0.2, 0.25) is 5.82 Å². The summed E-state index contributed by atoms with van der Waals surface area (Å²) in [6, 6.07) is 6.72. The van der Waals surface area contributed by atoms with Gasteiger partial charge in [-0.1, -0.05) is 11.8 Å². The van der Waals surface area contributed by atoms with Gasteiger partial charge in [-0.25, -0.2) is 0 Å². The molecule has 1 N–H and O–H groups in total. The molecule has 0 unspecified atom stereocenters. The van der Waals surface area contributed by atoms with Crippen LogP contribution in [0, 0.1) is 21.4 Å². The van der Waals surface area contributed by atoms with Gasteiger partial charge in [0.25, 0.3) is 0 Å². The maximum Gasteiger partial charge on any atom is 0.373 e. The van der Waals surface area contributed by atoms with Crippen molar-refractivity contribution in [2.45, 2.75) is 12.1 Å². The van der Waals surface area contributed by atoms with E-state index in [2.05, 4.69) is 21.4 Å². The molecule has 1 aromatic heterocycles. The molecule has 0 aliphatic heterocycles. The Kier molecular flexibility index (Phi) is 7.76. The zero-order valence-corrected chi connectivity index (χ0v) is 17.6. The van der Waals surface area contributed by atoms with Gasteiger partial charge in [-0.05, 0) is 25.3 Å². The van der Waals surface area contributed by atoms with Crippen molar-refractivity contribution in [3.8, 4) is 17.7 Å². The fourth-order valence-electron chi connectivity index (χ4n) is 2.38. The van der Waals surface area contributed by atoms with Crippen LogP contribution in [0.3, 0.4) is 0 Å². The summed E-state index contributed by atoms with van der Waals surface area (Å²) < 4.78 is 10.5. The number of nitrogens with one attached hydrogen (secondary N) is 1. The maximum atomic E-state index is 11.7. The third-order valence-corrected chi connectivity index (χ3v) is 4.24. The van der Waals surface area contributed by atoms with Crippen LogP contribution in [0.25, 0.3) is 0 Å². The Balaban J connectivity index is 2.47. The van der Waals surface area contributed by atoms with Crippen molar-refractivity contribution >= 4 is 34.9 Å². The van der Waals surface area contributed by atoms with Gasteiger partial charge in [-0.2, -0.15) is 15.2 Å². The van der Waals surface area contributed by atoms with Crippen molar-refractivity contribution in [2.24, 2.45) is 0 Å². The minimum Gasteiger partial charge on any atom is -0.465 e. The number of esters is 1. The van der Waals surface area contributed by atoms with Crippen LogP contribution < -0.4 is 15.0 Å². The number of ether oxygens (including phenoxy) is 2. The third-order valence-electron chi connectivity index (χ3n) is 3.69. The number of thioether (sulfide) groups is 1. The number of carbonyl (C=O) groups is 1. The lowest BCUT2D eigenvalue weighted by atomic mass is 10.2. The molecule has 0 amide bonds. The summed E-state index contributed by atoms with van der Waals surface area (Å²) in [6.45, 7) is 1.53. The van der Waals surface area contributed by atoms with Gasteiger partial charge in [-0.15, -0.1) is 0 Å². The van der Waals surface area contributed by atoms with Crippen LogP contribution >= 0.6 is 11.8 Å². The molecule has 1 aromatic carbocycles. The monoisotopic (exact) mass is 432 g/mol. The van der Waals surface area contributed by atoms with Crippen molar-refractivity contribution in [3.63, 3.8) is 0 Å². The molecular formula is C18H20N6O5S. The van der Waals surface area contributed by atoms with E-state index in [9.17, 15) is 20.2 Å². The predicted octanol–water partition coefficient (Wildman–Crippen LogP) is 2.81. The first-order valence-corrected chi connectivity index (χ1v) is 9.92. The van der Waals surface area contributed by atoms with Crippen LogP contribution in [0.2, 0.25) is 0 Å². The van der Waals surface area contributed by atoms with E-state index in [1.165, 1.54) is 6.07 Å². The summed E-state index contributed by atoms with van der Waals surface area (Å²) in [5.41, 5.74) is 0.483. The van der Waals surface area contributed by atoms with Crippen LogP contribution in [0.1, 0.15) is 12.5 Å². The number of hydrogen-bond acceptors (Lipinski definition) is 11. The molecule has 0 bridgehead atoms. The molecule has 1 heterocycles. The molecule has 0 aliphatic rings. The first kappa shape index (κ1) is 22.7. The number of carbonyl (C=O) groups excluding carboxylic acids is 1. The smallest absolute Gasteiger partial charge is 0.373 e. The van der Waals surface area contributed by atoms with E-state index < -0.39 is 16.6 Å². The van der Waals surface area contributed by atoms with Crippen molar-refractivity contribution < 1.29 is 19.2 Å². The Morgan fingerprint density at radius 2 is 2.13 bits per heavy atom. The average molecular weight is 432 g/mol. The molecular weight excluding hydrogens is 412 g/mol. The number of nitrogens with zero attached hydrogens (tertiary/aromatic N) is 5. The van der Waals surface area contributed by atoms with Crippen LogP contribution in [0.4, 0.5) is 17.2 Å². The van der Waals surface area contributed by atoms with E-state index in [-0.39, 0.29) is 35.8 Å². The van der Waals surface area contributed by atoms with E-state index >= 15 is 0 Å². The molecule has 2 aromatic rings. The molecule has 0 fully saturated rings.